The van der Waals surface area contributed by atoms with Gasteiger partial charge in [-0.15, -0.1) is 0 Å². The van der Waals surface area contributed by atoms with E-state index in [-0.39, 0.29) is 31.0 Å². The summed E-state index contributed by atoms with van der Waals surface area (Å²) in [6.45, 7) is 3.68. The number of nitrogens with zero attached hydrogens (tertiary/aromatic N) is 3. The molecule has 134 valence electrons. The Morgan fingerprint density at radius 3 is 2.88 bits per heavy atom. The van der Waals surface area contributed by atoms with Gasteiger partial charge >= 0.3 is 0 Å². The average Bonchev–Trinajstić information content (AvgIpc) is 3.29. The van der Waals surface area contributed by atoms with Crippen molar-refractivity contribution in [3.05, 3.63) is 48.2 Å². The van der Waals surface area contributed by atoms with Crippen LogP contribution in [-0.2, 0) is 20.9 Å². The number of fused-ring (bicyclic) bond motifs is 1. The second-order valence-corrected chi connectivity index (χ2v) is 6.01. The molecule has 0 aliphatic carbocycles. The minimum atomic E-state index is -0.203. The third kappa shape index (κ3) is 3.46. The molecule has 0 bridgehead atoms. The summed E-state index contributed by atoms with van der Waals surface area (Å²) < 4.78 is 12.3. The third-order valence-electron chi connectivity index (χ3n) is 4.55. The molecular weight excluding hydrogens is 322 g/mol. The zero-order chi connectivity index (χ0) is 17.8. The highest BCUT2D eigenvalue weighted by Crippen LogP contribution is 2.32. The second-order valence-electron chi connectivity index (χ2n) is 6.01. The number of carbonyl (C=O) groups excluding carboxylic acids is 2. The van der Waals surface area contributed by atoms with Crippen molar-refractivity contribution in [3.8, 4) is 0 Å². The lowest BCUT2D eigenvalue weighted by atomic mass is 10.0. The molecule has 1 unspecified atom stereocenters. The van der Waals surface area contributed by atoms with Gasteiger partial charge in [-0.2, -0.15) is 0 Å². The Hall–Kier alpha value is -2.54. The van der Waals surface area contributed by atoms with Gasteiger partial charge in [-0.3, -0.25) is 9.59 Å². The first-order valence-corrected chi connectivity index (χ1v) is 8.39. The van der Waals surface area contributed by atoms with E-state index >= 15 is 0 Å². The van der Waals surface area contributed by atoms with Gasteiger partial charge < -0.3 is 23.5 Å². The lowest BCUT2D eigenvalue weighted by Crippen LogP contribution is -2.48. The van der Waals surface area contributed by atoms with Crippen molar-refractivity contribution in [1.29, 1.82) is 0 Å². The summed E-state index contributed by atoms with van der Waals surface area (Å²) in [5.41, 5.74) is 1.98. The Kier molecular flexibility index (Phi) is 5.23. The molecule has 3 rings (SSSR count). The molecule has 7 heteroatoms. The number of amides is 2. The van der Waals surface area contributed by atoms with E-state index in [1.54, 1.807) is 12.5 Å². The highest BCUT2D eigenvalue weighted by Gasteiger charge is 2.33. The van der Waals surface area contributed by atoms with E-state index in [1.807, 2.05) is 36.2 Å². The van der Waals surface area contributed by atoms with Crippen molar-refractivity contribution in [2.24, 2.45) is 0 Å². The zero-order valence-electron chi connectivity index (χ0n) is 14.6. The molecule has 2 aromatic rings. The molecule has 2 amide bonds. The molecule has 25 heavy (non-hydrogen) atoms. The molecule has 1 atom stereocenters. The van der Waals surface area contributed by atoms with E-state index in [4.69, 9.17) is 9.15 Å². The van der Waals surface area contributed by atoms with E-state index in [2.05, 4.69) is 4.57 Å². The molecule has 1 aliphatic rings. The van der Waals surface area contributed by atoms with Gasteiger partial charge in [0.15, 0.2) is 0 Å². The van der Waals surface area contributed by atoms with Crippen LogP contribution < -0.4 is 0 Å². The molecule has 0 saturated heterocycles. The van der Waals surface area contributed by atoms with Gasteiger partial charge in [-0.1, -0.05) is 0 Å². The molecule has 0 radical (unpaired) electrons. The number of carbonyl (C=O) groups is 2. The molecule has 0 saturated carbocycles. The molecule has 0 aromatic carbocycles. The number of methoxy groups -OCH3 is 1. The predicted octanol–water partition coefficient (Wildman–Crippen LogP) is 1.51. The number of hydrogen-bond donors (Lipinski definition) is 0. The van der Waals surface area contributed by atoms with Crippen LogP contribution in [0.2, 0.25) is 0 Å². The van der Waals surface area contributed by atoms with Gasteiger partial charge in [0, 0.05) is 44.2 Å². The summed E-state index contributed by atoms with van der Waals surface area (Å²) in [7, 11) is 1.47. The summed E-state index contributed by atoms with van der Waals surface area (Å²) in [6, 6.07) is 5.68. The molecule has 0 fully saturated rings. The Bertz CT molecular complexity index is 723. The van der Waals surface area contributed by atoms with Crippen LogP contribution in [0.1, 0.15) is 24.2 Å². The Morgan fingerprint density at radius 2 is 2.20 bits per heavy atom. The number of aromatic nitrogens is 1. The highest BCUT2D eigenvalue weighted by molar-refractivity contribution is 5.86. The molecule has 3 heterocycles. The zero-order valence-corrected chi connectivity index (χ0v) is 14.6. The number of ether oxygens (including phenoxy) is 1. The van der Waals surface area contributed by atoms with E-state index in [1.165, 1.54) is 12.0 Å². The first-order valence-electron chi connectivity index (χ1n) is 8.39. The van der Waals surface area contributed by atoms with Crippen LogP contribution in [0.3, 0.4) is 0 Å². The monoisotopic (exact) mass is 345 g/mol. The van der Waals surface area contributed by atoms with E-state index in [0.29, 0.717) is 13.1 Å². The summed E-state index contributed by atoms with van der Waals surface area (Å²) in [5.74, 6) is -0.261. The summed E-state index contributed by atoms with van der Waals surface area (Å²) in [5, 5.41) is 0. The fourth-order valence-electron chi connectivity index (χ4n) is 3.28. The second kappa shape index (κ2) is 7.57. The maximum atomic E-state index is 13.0. The fraction of sp³-hybridized carbons (Fsp3) is 0.444. The molecule has 7 nitrogen and oxygen atoms in total. The van der Waals surface area contributed by atoms with Crippen molar-refractivity contribution in [2.45, 2.75) is 19.5 Å². The minimum Gasteiger partial charge on any atom is -0.472 e. The fourth-order valence-corrected chi connectivity index (χ4v) is 3.28. The maximum absolute atomic E-state index is 13.0. The van der Waals surface area contributed by atoms with Crippen LogP contribution in [0.4, 0.5) is 0 Å². The molecular formula is C18H23N3O4. The van der Waals surface area contributed by atoms with Crippen LogP contribution in [0.5, 0.6) is 0 Å². The Balaban J connectivity index is 1.82. The van der Waals surface area contributed by atoms with Crippen LogP contribution in [0, 0.1) is 0 Å². The minimum absolute atomic E-state index is 0.0187. The van der Waals surface area contributed by atoms with Crippen molar-refractivity contribution >= 4 is 11.8 Å². The van der Waals surface area contributed by atoms with Crippen molar-refractivity contribution < 1.29 is 18.7 Å². The first-order chi connectivity index (χ1) is 12.2. The molecule has 0 spiro atoms. The Labute approximate surface area is 146 Å². The van der Waals surface area contributed by atoms with Gasteiger partial charge in [0.1, 0.15) is 12.6 Å². The van der Waals surface area contributed by atoms with Crippen LogP contribution >= 0.6 is 0 Å². The molecule has 1 aliphatic heterocycles. The van der Waals surface area contributed by atoms with Gasteiger partial charge in [-0.05, 0) is 25.1 Å². The van der Waals surface area contributed by atoms with E-state index in [9.17, 15) is 9.59 Å². The van der Waals surface area contributed by atoms with Gasteiger partial charge in [0.25, 0.3) is 0 Å². The standard InChI is InChI=1S/C18H23N3O4/c1-3-19(17(23)13-24-2)11-16(22)21-9-8-20-7-4-5-15(20)18(21)14-6-10-25-12-14/h4-7,10,12,18H,3,8-9,11,13H2,1-2H3. The quantitative estimate of drug-likeness (QED) is 0.796. The highest BCUT2D eigenvalue weighted by atomic mass is 16.5. The van der Waals surface area contributed by atoms with Crippen molar-refractivity contribution in [2.75, 3.05) is 33.4 Å². The topological polar surface area (TPSA) is 67.9 Å². The van der Waals surface area contributed by atoms with Gasteiger partial charge in [-0.25, -0.2) is 0 Å². The summed E-state index contributed by atoms with van der Waals surface area (Å²) >= 11 is 0. The van der Waals surface area contributed by atoms with Gasteiger partial charge in [0.05, 0.1) is 19.1 Å². The number of likely N-dealkylation sites (N-methyl/N-ethyl adjacent to an activating group) is 1. The number of furan rings is 1. The summed E-state index contributed by atoms with van der Waals surface area (Å²) in [4.78, 5) is 28.4. The average molecular weight is 345 g/mol. The molecule has 0 N–H and O–H groups in total. The molecule has 2 aromatic heterocycles. The normalized spacial score (nSPS) is 16.6. The van der Waals surface area contributed by atoms with Gasteiger partial charge in [0.2, 0.25) is 11.8 Å². The first kappa shape index (κ1) is 17.3. The summed E-state index contributed by atoms with van der Waals surface area (Å²) in [6.07, 6.45) is 5.30. The Morgan fingerprint density at radius 1 is 1.36 bits per heavy atom. The van der Waals surface area contributed by atoms with Crippen LogP contribution in [0.25, 0.3) is 0 Å². The van der Waals surface area contributed by atoms with E-state index < -0.39 is 0 Å². The SMILES string of the molecule is CCN(CC(=O)N1CCn2cccc2C1c1ccoc1)C(=O)COC. The van der Waals surface area contributed by atoms with Crippen molar-refractivity contribution in [3.63, 3.8) is 0 Å². The lowest BCUT2D eigenvalue weighted by molar-refractivity contribution is -0.143. The van der Waals surface area contributed by atoms with Crippen molar-refractivity contribution in [1.82, 2.24) is 14.4 Å². The smallest absolute Gasteiger partial charge is 0.249 e. The lowest BCUT2D eigenvalue weighted by Gasteiger charge is -2.37. The van der Waals surface area contributed by atoms with Crippen LogP contribution in [-0.4, -0.2) is 59.5 Å². The largest absolute Gasteiger partial charge is 0.472 e. The van der Waals surface area contributed by atoms with E-state index in [0.717, 1.165) is 17.8 Å². The maximum Gasteiger partial charge on any atom is 0.249 e. The predicted molar refractivity (Wildman–Crippen MR) is 90.8 cm³/mol. The van der Waals surface area contributed by atoms with Crippen LogP contribution in [0.15, 0.2) is 41.3 Å². The number of rotatable bonds is 6. The third-order valence-corrected chi connectivity index (χ3v) is 4.55. The number of hydrogen-bond acceptors (Lipinski definition) is 4.